The fourth-order valence-electron chi connectivity index (χ4n) is 1.85. The van der Waals surface area contributed by atoms with Crippen molar-refractivity contribution in [2.24, 2.45) is 0 Å². The Bertz CT molecular complexity index is 588. The first-order valence-corrected chi connectivity index (χ1v) is 8.18. The molecule has 0 aliphatic carbocycles. The van der Waals surface area contributed by atoms with Crippen LogP contribution < -0.4 is 5.32 Å². The van der Waals surface area contributed by atoms with Crippen LogP contribution in [0.5, 0.6) is 0 Å². The van der Waals surface area contributed by atoms with Crippen molar-refractivity contribution in [2.45, 2.75) is 50.8 Å². The van der Waals surface area contributed by atoms with E-state index in [9.17, 15) is 0 Å². The Kier molecular flexibility index (Phi) is 4.93. The van der Waals surface area contributed by atoms with E-state index in [1.165, 1.54) is 0 Å². The summed E-state index contributed by atoms with van der Waals surface area (Å²) in [5, 5.41) is 4.35. The Morgan fingerprint density at radius 1 is 1.29 bits per heavy atom. The molecule has 0 spiro atoms. The van der Waals surface area contributed by atoms with E-state index in [0.29, 0.717) is 0 Å². The van der Waals surface area contributed by atoms with E-state index in [0.717, 1.165) is 40.3 Å². The van der Waals surface area contributed by atoms with E-state index >= 15 is 0 Å². The lowest BCUT2D eigenvalue weighted by molar-refractivity contribution is 0.529. The van der Waals surface area contributed by atoms with Gasteiger partial charge in [0, 0.05) is 17.5 Å². The number of rotatable bonds is 5. The molecule has 0 amide bonds. The minimum atomic E-state index is -0.0716. The van der Waals surface area contributed by atoms with Crippen LogP contribution in [0.4, 0.5) is 5.82 Å². The largest absolute Gasteiger partial charge is 0.468 e. The maximum Gasteiger partial charge on any atom is 0.137 e. The van der Waals surface area contributed by atoms with Gasteiger partial charge in [-0.15, -0.1) is 0 Å². The molecule has 1 N–H and O–H groups in total. The SMILES string of the molecule is CCNc1nc(C(C)(C)C)nc(SCc2ccco2)c1C. The molecule has 0 atom stereocenters. The van der Waals surface area contributed by atoms with Crippen LogP contribution in [0.2, 0.25) is 0 Å². The Labute approximate surface area is 130 Å². The summed E-state index contributed by atoms with van der Waals surface area (Å²) >= 11 is 1.69. The molecule has 0 bridgehead atoms. The molecule has 0 saturated heterocycles. The fourth-order valence-corrected chi connectivity index (χ4v) is 2.75. The van der Waals surface area contributed by atoms with Gasteiger partial charge in [0.2, 0.25) is 0 Å². The molecule has 0 aliphatic rings. The minimum Gasteiger partial charge on any atom is -0.468 e. The Morgan fingerprint density at radius 2 is 2.05 bits per heavy atom. The summed E-state index contributed by atoms with van der Waals surface area (Å²) in [5.74, 6) is 3.53. The Balaban J connectivity index is 2.31. The van der Waals surface area contributed by atoms with Crippen molar-refractivity contribution in [1.29, 1.82) is 0 Å². The van der Waals surface area contributed by atoms with Crippen LogP contribution in [0.25, 0.3) is 0 Å². The first kappa shape index (κ1) is 15.9. The summed E-state index contributed by atoms with van der Waals surface area (Å²) in [6, 6.07) is 3.90. The van der Waals surface area contributed by atoms with Gasteiger partial charge in [-0.3, -0.25) is 0 Å². The number of hydrogen-bond donors (Lipinski definition) is 1. The summed E-state index contributed by atoms with van der Waals surface area (Å²) in [4.78, 5) is 9.44. The van der Waals surface area contributed by atoms with E-state index in [2.05, 4.69) is 44.9 Å². The average molecular weight is 305 g/mol. The summed E-state index contributed by atoms with van der Waals surface area (Å²) < 4.78 is 5.39. The molecule has 0 unspecified atom stereocenters. The summed E-state index contributed by atoms with van der Waals surface area (Å²) in [6.45, 7) is 11.4. The number of furan rings is 1. The van der Waals surface area contributed by atoms with Gasteiger partial charge in [-0.05, 0) is 26.0 Å². The third kappa shape index (κ3) is 4.00. The topological polar surface area (TPSA) is 51.0 Å². The van der Waals surface area contributed by atoms with Gasteiger partial charge in [0.15, 0.2) is 0 Å². The van der Waals surface area contributed by atoms with Crippen LogP contribution in [0.15, 0.2) is 27.8 Å². The molecular formula is C16H23N3OS. The van der Waals surface area contributed by atoms with Crippen LogP contribution >= 0.6 is 11.8 Å². The number of hydrogen-bond acceptors (Lipinski definition) is 5. The lowest BCUT2D eigenvalue weighted by Gasteiger charge is -2.20. The monoisotopic (exact) mass is 305 g/mol. The van der Waals surface area contributed by atoms with E-state index in [4.69, 9.17) is 9.40 Å². The van der Waals surface area contributed by atoms with E-state index < -0.39 is 0 Å². The summed E-state index contributed by atoms with van der Waals surface area (Å²) in [7, 11) is 0. The van der Waals surface area contributed by atoms with Crippen LogP contribution in [0.3, 0.4) is 0 Å². The van der Waals surface area contributed by atoms with E-state index in [1.807, 2.05) is 12.1 Å². The van der Waals surface area contributed by atoms with Crippen molar-refractivity contribution in [1.82, 2.24) is 9.97 Å². The van der Waals surface area contributed by atoms with Crippen molar-refractivity contribution in [2.75, 3.05) is 11.9 Å². The molecule has 0 aliphatic heterocycles. The predicted molar refractivity (Wildman–Crippen MR) is 87.9 cm³/mol. The number of nitrogens with one attached hydrogen (secondary N) is 1. The molecule has 5 heteroatoms. The molecule has 0 radical (unpaired) electrons. The summed E-state index contributed by atoms with van der Waals surface area (Å²) in [5.41, 5.74) is 1.03. The smallest absolute Gasteiger partial charge is 0.137 e. The second-order valence-corrected chi connectivity index (χ2v) is 6.94. The second-order valence-electron chi connectivity index (χ2n) is 5.97. The van der Waals surface area contributed by atoms with Gasteiger partial charge in [0.1, 0.15) is 22.4 Å². The molecule has 4 nitrogen and oxygen atoms in total. The van der Waals surface area contributed by atoms with Gasteiger partial charge >= 0.3 is 0 Å². The van der Waals surface area contributed by atoms with Crippen molar-refractivity contribution >= 4 is 17.6 Å². The lowest BCUT2D eigenvalue weighted by Crippen LogP contribution is -2.18. The van der Waals surface area contributed by atoms with Gasteiger partial charge < -0.3 is 9.73 Å². The zero-order chi connectivity index (χ0) is 15.5. The average Bonchev–Trinajstić information content (AvgIpc) is 2.91. The van der Waals surface area contributed by atoms with E-state index in [-0.39, 0.29) is 5.41 Å². The highest BCUT2D eigenvalue weighted by molar-refractivity contribution is 7.98. The van der Waals surface area contributed by atoms with Crippen molar-refractivity contribution in [3.63, 3.8) is 0 Å². The lowest BCUT2D eigenvalue weighted by atomic mass is 9.95. The molecule has 21 heavy (non-hydrogen) atoms. The standard InChI is InChI=1S/C16H23N3OS/c1-6-17-13-11(2)14(19-15(18-13)16(3,4)5)21-10-12-8-7-9-20-12/h7-9H,6,10H2,1-5H3,(H,17,18,19). The van der Waals surface area contributed by atoms with Crippen LogP contribution in [-0.4, -0.2) is 16.5 Å². The fraction of sp³-hybridized carbons (Fsp3) is 0.500. The highest BCUT2D eigenvalue weighted by atomic mass is 32.2. The van der Waals surface area contributed by atoms with Crippen LogP contribution in [0.1, 0.15) is 44.8 Å². The van der Waals surface area contributed by atoms with E-state index in [1.54, 1.807) is 18.0 Å². The maximum absolute atomic E-state index is 5.39. The number of anilines is 1. The van der Waals surface area contributed by atoms with Gasteiger partial charge in [-0.25, -0.2) is 9.97 Å². The van der Waals surface area contributed by atoms with Gasteiger partial charge in [0.25, 0.3) is 0 Å². The number of nitrogens with zero attached hydrogens (tertiary/aromatic N) is 2. The first-order chi connectivity index (χ1) is 9.91. The molecule has 2 rings (SSSR count). The first-order valence-electron chi connectivity index (χ1n) is 7.20. The quantitative estimate of drug-likeness (QED) is 0.655. The van der Waals surface area contributed by atoms with Crippen molar-refractivity contribution in [3.05, 3.63) is 35.5 Å². The number of aromatic nitrogens is 2. The Hall–Kier alpha value is -1.49. The zero-order valence-corrected chi connectivity index (χ0v) is 14.2. The van der Waals surface area contributed by atoms with Crippen LogP contribution in [-0.2, 0) is 11.2 Å². The molecule has 0 saturated carbocycles. The van der Waals surface area contributed by atoms with Crippen molar-refractivity contribution in [3.8, 4) is 0 Å². The normalized spacial score (nSPS) is 11.7. The molecule has 114 valence electrons. The highest BCUT2D eigenvalue weighted by Gasteiger charge is 2.21. The van der Waals surface area contributed by atoms with Gasteiger partial charge in [0.05, 0.1) is 12.0 Å². The third-order valence-corrected chi connectivity index (χ3v) is 4.15. The van der Waals surface area contributed by atoms with Gasteiger partial charge in [-0.2, -0.15) is 0 Å². The molecule has 2 heterocycles. The minimum absolute atomic E-state index is 0.0716. The van der Waals surface area contributed by atoms with Crippen LogP contribution in [0, 0.1) is 6.92 Å². The maximum atomic E-state index is 5.39. The number of thioether (sulfide) groups is 1. The second kappa shape index (κ2) is 6.52. The molecular weight excluding hydrogens is 282 g/mol. The highest BCUT2D eigenvalue weighted by Crippen LogP contribution is 2.30. The third-order valence-electron chi connectivity index (χ3n) is 3.05. The predicted octanol–water partition coefficient (Wildman–Crippen LogP) is 4.40. The van der Waals surface area contributed by atoms with Crippen molar-refractivity contribution < 1.29 is 4.42 Å². The van der Waals surface area contributed by atoms with Gasteiger partial charge in [-0.1, -0.05) is 32.5 Å². The summed E-state index contributed by atoms with van der Waals surface area (Å²) in [6.07, 6.45) is 1.70. The Morgan fingerprint density at radius 3 is 2.62 bits per heavy atom. The molecule has 2 aromatic heterocycles. The molecule has 0 fully saturated rings. The zero-order valence-electron chi connectivity index (χ0n) is 13.4. The molecule has 2 aromatic rings. The molecule has 0 aromatic carbocycles.